The zero-order valence-electron chi connectivity index (χ0n) is 26.4. The third kappa shape index (κ3) is 3.31. The van der Waals surface area contributed by atoms with E-state index in [2.05, 4.69) is 11.8 Å². The van der Waals surface area contributed by atoms with Crippen molar-refractivity contribution in [3.05, 3.63) is 35.9 Å². The lowest BCUT2D eigenvalue weighted by Gasteiger charge is -2.70. The molecule has 15 atom stereocenters. The third-order valence-electron chi connectivity index (χ3n) is 13.2. The summed E-state index contributed by atoms with van der Waals surface area (Å²) in [5.41, 5.74) is -4.01. The van der Waals surface area contributed by atoms with Crippen molar-refractivity contribution in [2.24, 2.45) is 34.5 Å². The van der Waals surface area contributed by atoms with Crippen LogP contribution in [0.1, 0.15) is 30.1 Å². The molecule has 1 saturated heterocycles. The van der Waals surface area contributed by atoms with Gasteiger partial charge < -0.3 is 43.7 Å². The Morgan fingerprint density at radius 2 is 1.73 bits per heavy atom. The lowest BCUT2D eigenvalue weighted by Crippen LogP contribution is -2.81. The van der Waals surface area contributed by atoms with Crippen LogP contribution in [0.5, 0.6) is 0 Å². The average Bonchev–Trinajstić information content (AvgIpc) is 3.40. The van der Waals surface area contributed by atoms with E-state index in [-0.39, 0.29) is 24.3 Å². The van der Waals surface area contributed by atoms with Crippen molar-refractivity contribution in [3.63, 3.8) is 0 Å². The Hall–Kier alpha value is -1.67. The standard InChI is InChI=1S/C33H47NO10/c1-7-34-15-30(16-39-2)19(35)13-20(40-3)32-18-14-31(38)27(44-29(37)17-11-9-8-10-12-17)21(18)33(43-6,26(36)28(31)42-5)22(25(32)34)23(41-4)24(30)32/h8-12,18-28,35-36,38H,7,13-16H2,1-6H3/t18-,19-,20+,21-,22+,23+,24-,25+,26+,27-,28+,30+,31-,32+,33-/m1/s1. The molecule has 244 valence electrons. The zero-order valence-corrected chi connectivity index (χ0v) is 26.4. The molecule has 5 saturated carbocycles. The highest BCUT2D eigenvalue weighted by Crippen LogP contribution is 2.80. The van der Waals surface area contributed by atoms with Crippen LogP contribution in [0.4, 0.5) is 0 Å². The maximum Gasteiger partial charge on any atom is 0.338 e. The molecular formula is C33H47NO10. The van der Waals surface area contributed by atoms with Crippen molar-refractivity contribution in [2.45, 2.75) is 73.6 Å². The molecule has 1 aliphatic heterocycles. The third-order valence-corrected chi connectivity index (χ3v) is 13.2. The largest absolute Gasteiger partial charge is 0.455 e. The molecule has 3 N–H and O–H groups in total. The molecule has 1 aromatic rings. The number of likely N-dealkylation sites (tertiary alicyclic amines) is 1. The molecule has 0 radical (unpaired) electrons. The molecule has 11 heteroatoms. The molecule has 7 bridgehead atoms. The van der Waals surface area contributed by atoms with E-state index in [1.165, 1.54) is 7.11 Å². The number of piperidine rings is 1. The van der Waals surface area contributed by atoms with Crippen LogP contribution < -0.4 is 0 Å². The van der Waals surface area contributed by atoms with Gasteiger partial charge in [0.15, 0.2) is 0 Å². The predicted octanol–water partition coefficient (Wildman–Crippen LogP) is 0.731. The first-order chi connectivity index (χ1) is 21.1. The van der Waals surface area contributed by atoms with Gasteiger partial charge >= 0.3 is 5.97 Å². The lowest BCUT2D eigenvalue weighted by atomic mass is 9.42. The minimum Gasteiger partial charge on any atom is -0.455 e. The van der Waals surface area contributed by atoms with E-state index in [4.69, 9.17) is 28.4 Å². The summed E-state index contributed by atoms with van der Waals surface area (Å²) in [6, 6.07) is 8.55. The minimum absolute atomic E-state index is 0.177. The number of rotatable bonds is 9. The van der Waals surface area contributed by atoms with Crippen LogP contribution in [0.2, 0.25) is 0 Å². The summed E-state index contributed by atoms with van der Waals surface area (Å²) in [7, 11) is 8.09. The van der Waals surface area contributed by atoms with Gasteiger partial charge in [-0.25, -0.2) is 4.79 Å². The van der Waals surface area contributed by atoms with Crippen molar-refractivity contribution in [2.75, 3.05) is 55.2 Å². The summed E-state index contributed by atoms with van der Waals surface area (Å²) in [5, 5.41) is 37.1. The van der Waals surface area contributed by atoms with Crippen LogP contribution >= 0.6 is 0 Å². The zero-order chi connectivity index (χ0) is 31.4. The van der Waals surface area contributed by atoms with Crippen LogP contribution in [-0.2, 0) is 28.4 Å². The van der Waals surface area contributed by atoms with Crippen molar-refractivity contribution in [1.29, 1.82) is 0 Å². The van der Waals surface area contributed by atoms with E-state index in [0.717, 1.165) is 0 Å². The Morgan fingerprint density at radius 1 is 1.00 bits per heavy atom. The Balaban J connectivity index is 1.50. The number of hydrogen-bond acceptors (Lipinski definition) is 11. The highest BCUT2D eigenvalue weighted by molar-refractivity contribution is 5.89. The van der Waals surface area contributed by atoms with Crippen molar-refractivity contribution in [1.82, 2.24) is 4.90 Å². The van der Waals surface area contributed by atoms with Gasteiger partial charge in [-0.3, -0.25) is 4.90 Å². The molecule has 5 aliphatic carbocycles. The van der Waals surface area contributed by atoms with Crippen molar-refractivity contribution in [3.8, 4) is 0 Å². The predicted molar refractivity (Wildman–Crippen MR) is 156 cm³/mol. The minimum atomic E-state index is -1.71. The molecule has 6 aliphatic rings. The maximum absolute atomic E-state index is 13.7. The highest BCUT2D eigenvalue weighted by atomic mass is 16.6. The van der Waals surface area contributed by atoms with Crippen LogP contribution in [0.15, 0.2) is 30.3 Å². The molecular weight excluding hydrogens is 570 g/mol. The van der Waals surface area contributed by atoms with Crippen LogP contribution in [0.3, 0.4) is 0 Å². The van der Waals surface area contributed by atoms with E-state index in [1.807, 2.05) is 6.07 Å². The van der Waals surface area contributed by atoms with Gasteiger partial charge in [0.2, 0.25) is 0 Å². The Bertz CT molecular complexity index is 1270. The van der Waals surface area contributed by atoms with Crippen molar-refractivity contribution < 1.29 is 48.5 Å². The van der Waals surface area contributed by atoms with Gasteiger partial charge in [-0.2, -0.15) is 0 Å². The number of aliphatic hydroxyl groups is 3. The van der Waals surface area contributed by atoms with Crippen LogP contribution in [0.25, 0.3) is 0 Å². The molecule has 1 spiro atoms. The molecule has 1 heterocycles. The molecule has 1 aromatic carbocycles. The van der Waals surface area contributed by atoms with Gasteiger partial charge in [-0.1, -0.05) is 25.1 Å². The molecule has 11 nitrogen and oxygen atoms in total. The summed E-state index contributed by atoms with van der Waals surface area (Å²) >= 11 is 0. The monoisotopic (exact) mass is 617 g/mol. The molecule has 44 heavy (non-hydrogen) atoms. The van der Waals surface area contributed by atoms with E-state index < -0.39 is 76.5 Å². The number of benzene rings is 1. The number of fused-ring (bicyclic) bond motifs is 2. The summed E-state index contributed by atoms with van der Waals surface area (Å²) < 4.78 is 37.7. The van der Waals surface area contributed by atoms with E-state index in [0.29, 0.717) is 31.7 Å². The number of hydrogen-bond donors (Lipinski definition) is 3. The normalized spacial score (nSPS) is 51.8. The van der Waals surface area contributed by atoms with Gasteiger partial charge in [-0.15, -0.1) is 0 Å². The maximum atomic E-state index is 13.7. The summed E-state index contributed by atoms with van der Waals surface area (Å²) in [4.78, 5) is 16.1. The number of esters is 1. The van der Waals surface area contributed by atoms with Gasteiger partial charge in [-0.05, 0) is 31.0 Å². The summed E-state index contributed by atoms with van der Waals surface area (Å²) in [6.45, 7) is 3.68. The number of methoxy groups -OCH3 is 5. The first-order valence-electron chi connectivity index (χ1n) is 15.8. The van der Waals surface area contributed by atoms with E-state index in [1.54, 1.807) is 52.7 Å². The Labute approximate surface area is 258 Å². The van der Waals surface area contributed by atoms with Gasteiger partial charge in [0.05, 0.1) is 30.5 Å². The van der Waals surface area contributed by atoms with Gasteiger partial charge in [0, 0.05) is 83.1 Å². The first-order valence-corrected chi connectivity index (χ1v) is 15.8. The van der Waals surface area contributed by atoms with E-state index >= 15 is 0 Å². The molecule has 7 rings (SSSR count). The number of carbonyl (C=O) groups is 1. The number of ether oxygens (including phenoxy) is 6. The van der Waals surface area contributed by atoms with Gasteiger partial charge in [0.1, 0.15) is 29.5 Å². The Morgan fingerprint density at radius 3 is 2.32 bits per heavy atom. The average molecular weight is 618 g/mol. The fourth-order valence-electron chi connectivity index (χ4n) is 12.3. The molecule has 0 aromatic heterocycles. The Kier molecular flexibility index (Phi) is 7.33. The number of aliphatic hydroxyl groups excluding tert-OH is 2. The van der Waals surface area contributed by atoms with Gasteiger partial charge in [0.25, 0.3) is 0 Å². The molecule has 0 unspecified atom stereocenters. The topological polar surface area (TPSA) is 136 Å². The first kappa shape index (κ1) is 31.0. The fourth-order valence-corrected chi connectivity index (χ4v) is 12.3. The van der Waals surface area contributed by atoms with E-state index in [9.17, 15) is 20.1 Å². The number of carbonyl (C=O) groups excluding carboxylic acids is 1. The van der Waals surface area contributed by atoms with Crippen LogP contribution in [-0.4, -0.2) is 135 Å². The number of nitrogens with zero attached hydrogens (tertiary/aromatic N) is 1. The lowest BCUT2D eigenvalue weighted by molar-refractivity contribution is -0.325. The second kappa shape index (κ2) is 10.4. The molecule has 0 amide bonds. The second-order valence-corrected chi connectivity index (χ2v) is 14.0. The second-order valence-electron chi connectivity index (χ2n) is 14.0. The van der Waals surface area contributed by atoms with Crippen LogP contribution in [0, 0.1) is 34.5 Å². The molecule has 6 fully saturated rings. The quantitative estimate of drug-likeness (QED) is 0.339. The fraction of sp³-hybridized carbons (Fsp3) is 0.788. The SMILES string of the molecule is CCN1C[C@]2(COC)[C@H](O)C[C@H](OC)[C@@]34[C@@H]5C[C@@]6(O)[C@H](OC(=O)c7ccccc7)[C@@H]5[C@@](OC)([C@@H]([C@H](OC)[C@H]23)[C@H]14)[C@@H](O)[C@@H]6OC. The highest BCUT2D eigenvalue weighted by Gasteiger charge is 2.91. The smallest absolute Gasteiger partial charge is 0.338 e. The summed E-state index contributed by atoms with van der Waals surface area (Å²) in [6.07, 6.45) is -4.42. The summed E-state index contributed by atoms with van der Waals surface area (Å²) in [5.74, 6) is -2.20. The van der Waals surface area contributed by atoms with Crippen molar-refractivity contribution >= 4 is 5.97 Å².